The van der Waals surface area contributed by atoms with Gasteiger partial charge in [0.2, 0.25) is 0 Å². The zero-order chi connectivity index (χ0) is 14.7. The predicted molar refractivity (Wildman–Crippen MR) is 80.3 cm³/mol. The highest BCUT2D eigenvalue weighted by Crippen LogP contribution is 2.25. The number of hydrogen-bond acceptors (Lipinski definition) is 2. The number of hydrogen-bond donors (Lipinski definition) is 1. The van der Waals surface area contributed by atoms with Gasteiger partial charge in [-0.25, -0.2) is 9.78 Å². The van der Waals surface area contributed by atoms with Crippen molar-refractivity contribution in [2.45, 2.75) is 52.5 Å². The molecule has 0 saturated heterocycles. The van der Waals surface area contributed by atoms with Gasteiger partial charge in [0.25, 0.3) is 0 Å². The minimum absolute atomic E-state index is 0.323. The van der Waals surface area contributed by atoms with Gasteiger partial charge in [0.05, 0.1) is 16.6 Å². The number of carboxylic acid groups (broad SMARTS) is 1. The fourth-order valence-electron chi connectivity index (χ4n) is 2.65. The summed E-state index contributed by atoms with van der Waals surface area (Å²) in [7, 11) is 0. The standard InChI is InChI=1S/C16H22N2O2/c1-4-6-7-11(3)18-14-10-12(16(19)20)8-9-13(14)17-15(18)5-2/h8-11H,4-7H2,1-3H3,(H,19,20). The molecule has 20 heavy (non-hydrogen) atoms. The molecule has 4 heteroatoms. The van der Waals surface area contributed by atoms with Gasteiger partial charge < -0.3 is 9.67 Å². The van der Waals surface area contributed by atoms with Crippen molar-refractivity contribution in [3.8, 4) is 0 Å². The number of imidazole rings is 1. The second-order valence-electron chi connectivity index (χ2n) is 5.25. The van der Waals surface area contributed by atoms with Gasteiger partial charge in [-0.15, -0.1) is 0 Å². The van der Waals surface area contributed by atoms with Crippen molar-refractivity contribution in [3.63, 3.8) is 0 Å². The van der Waals surface area contributed by atoms with Gasteiger partial charge in [-0.05, 0) is 31.5 Å². The molecule has 4 nitrogen and oxygen atoms in total. The van der Waals surface area contributed by atoms with Crippen LogP contribution in [0.15, 0.2) is 18.2 Å². The van der Waals surface area contributed by atoms with Gasteiger partial charge in [-0.1, -0.05) is 26.7 Å². The Kier molecular flexibility index (Phi) is 4.42. The van der Waals surface area contributed by atoms with Crippen LogP contribution < -0.4 is 0 Å². The summed E-state index contributed by atoms with van der Waals surface area (Å²) in [5, 5.41) is 9.15. The Bertz CT molecular complexity index is 616. The normalized spacial score (nSPS) is 12.8. The number of fused-ring (bicyclic) bond motifs is 1. The molecule has 0 bridgehead atoms. The first-order chi connectivity index (χ1) is 9.58. The first-order valence-corrected chi connectivity index (χ1v) is 7.32. The van der Waals surface area contributed by atoms with E-state index in [1.54, 1.807) is 18.2 Å². The molecule has 0 fully saturated rings. The highest BCUT2D eigenvalue weighted by molar-refractivity contribution is 5.92. The number of aromatic carboxylic acids is 1. The summed E-state index contributed by atoms with van der Waals surface area (Å²) < 4.78 is 2.21. The van der Waals surface area contributed by atoms with Crippen LogP contribution in [0.5, 0.6) is 0 Å². The highest BCUT2D eigenvalue weighted by Gasteiger charge is 2.16. The number of benzene rings is 1. The Labute approximate surface area is 119 Å². The average molecular weight is 274 g/mol. The minimum Gasteiger partial charge on any atom is -0.478 e. The predicted octanol–water partition coefficient (Wildman–Crippen LogP) is 4.05. The van der Waals surface area contributed by atoms with E-state index in [-0.39, 0.29) is 0 Å². The molecule has 0 aliphatic heterocycles. The van der Waals surface area contributed by atoms with Crippen LogP contribution >= 0.6 is 0 Å². The zero-order valence-corrected chi connectivity index (χ0v) is 12.4. The van der Waals surface area contributed by atoms with E-state index in [2.05, 4.69) is 30.3 Å². The van der Waals surface area contributed by atoms with Gasteiger partial charge in [-0.3, -0.25) is 0 Å². The number of carboxylic acids is 1. The van der Waals surface area contributed by atoms with Gasteiger partial charge in [0.15, 0.2) is 0 Å². The summed E-state index contributed by atoms with van der Waals surface area (Å²) >= 11 is 0. The average Bonchev–Trinajstić information content (AvgIpc) is 2.82. The fourth-order valence-corrected chi connectivity index (χ4v) is 2.65. The van der Waals surface area contributed by atoms with E-state index in [0.29, 0.717) is 11.6 Å². The van der Waals surface area contributed by atoms with Gasteiger partial charge in [0, 0.05) is 12.5 Å². The molecular weight excluding hydrogens is 252 g/mol. The van der Waals surface area contributed by atoms with E-state index in [4.69, 9.17) is 5.11 Å². The van der Waals surface area contributed by atoms with Crippen LogP contribution in [-0.4, -0.2) is 20.6 Å². The van der Waals surface area contributed by atoms with Crippen LogP contribution in [0.1, 0.15) is 62.3 Å². The smallest absolute Gasteiger partial charge is 0.335 e. The third-order valence-corrected chi connectivity index (χ3v) is 3.74. The highest BCUT2D eigenvalue weighted by atomic mass is 16.4. The molecule has 1 aromatic carbocycles. The number of unbranched alkanes of at least 4 members (excludes halogenated alkanes) is 1. The van der Waals surface area contributed by atoms with Crippen LogP contribution in [0.2, 0.25) is 0 Å². The first-order valence-electron chi connectivity index (χ1n) is 7.32. The molecule has 108 valence electrons. The minimum atomic E-state index is -0.890. The fraction of sp³-hybridized carbons (Fsp3) is 0.500. The molecule has 0 spiro atoms. The van der Waals surface area contributed by atoms with Crippen molar-refractivity contribution in [2.24, 2.45) is 0 Å². The number of nitrogens with zero attached hydrogens (tertiary/aromatic N) is 2. The summed E-state index contributed by atoms with van der Waals surface area (Å²) in [6, 6.07) is 5.52. The van der Waals surface area contributed by atoms with E-state index >= 15 is 0 Å². The Hall–Kier alpha value is -1.84. The molecular formula is C16H22N2O2. The SMILES string of the molecule is CCCCC(C)n1c(CC)nc2ccc(C(=O)O)cc21. The van der Waals surface area contributed by atoms with E-state index in [1.165, 1.54) is 12.8 Å². The van der Waals surface area contributed by atoms with E-state index < -0.39 is 5.97 Å². The Morgan fingerprint density at radius 3 is 2.75 bits per heavy atom. The molecule has 1 aromatic heterocycles. The van der Waals surface area contributed by atoms with Gasteiger partial charge in [-0.2, -0.15) is 0 Å². The molecule has 0 radical (unpaired) electrons. The lowest BCUT2D eigenvalue weighted by Gasteiger charge is -2.17. The quantitative estimate of drug-likeness (QED) is 0.864. The summed E-state index contributed by atoms with van der Waals surface area (Å²) in [6.07, 6.45) is 4.28. The van der Waals surface area contributed by atoms with Crippen LogP contribution in [0.3, 0.4) is 0 Å². The maximum Gasteiger partial charge on any atom is 0.335 e. The van der Waals surface area contributed by atoms with Crippen molar-refractivity contribution in [3.05, 3.63) is 29.6 Å². The van der Waals surface area contributed by atoms with Crippen molar-refractivity contribution in [1.29, 1.82) is 0 Å². The van der Waals surface area contributed by atoms with Crippen molar-refractivity contribution >= 4 is 17.0 Å². The van der Waals surface area contributed by atoms with Crippen LogP contribution in [0.4, 0.5) is 0 Å². The Balaban J connectivity index is 2.53. The summed E-state index contributed by atoms with van der Waals surface area (Å²) in [5.41, 5.74) is 2.14. The topological polar surface area (TPSA) is 55.1 Å². The number of carbonyl (C=O) groups is 1. The third kappa shape index (κ3) is 2.69. The largest absolute Gasteiger partial charge is 0.478 e. The number of aromatic nitrogens is 2. The number of rotatable bonds is 6. The van der Waals surface area contributed by atoms with Crippen molar-refractivity contribution in [2.75, 3.05) is 0 Å². The summed E-state index contributed by atoms with van der Waals surface area (Å²) in [5.74, 6) is 0.144. The molecule has 2 rings (SSSR count). The molecule has 0 amide bonds. The first kappa shape index (κ1) is 14.6. The van der Waals surface area contributed by atoms with E-state index in [0.717, 1.165) is 29.7 Å². The molecule has 0 aliphatic rings. The van der Waals surface area contributed by atoms with Crippen LogP contribution in [-0.2, 0) is 6.42 Å². The lowest BCUT2D eigenvalue weighted by molar-refractivity contribution is 0.0697. The maximum atomic E-state index is 11.1. The molecule has 0 aliphatic carbocycles. The van der Waals surface area contributed by atoms with Crippen molar-refractivity contribution in [1.82, 2.24) is 9.55 Å². The second kappa shape index (κ2) is 6.07. The molecule has 0 saturated carbocycles. The van der Waals surface area contributed by atoms with Crippen LogP contribution in [0, 0.1) is 0 Å². The van der Waals surface area contributed by atoms with Crippen LogP contribution in [0.25, 0.3) is 11.0 Å². The van der Waals surface area contributed by atoms with Gasteiger partial charge in [0.1, 0.15) is 5.82 Å². The van der Waals surface area contributed by atoms with Gasteiger partial charge >= 0.3 is 5.97 Å². The molecule has 1 N–H and O–H groups in total. The second-order valence-corrected chi connectivity index (χ2v) is 5.25. The Morgan fingerprint density at radius 1 is 1.40 bits per heavy atom. The summed E-state index contributed by atoms with van der Waals surface area (Å²) in [4.78, 5) is 15.8. The van der Waals surface area contributed by atoms with E-state index in [1.807, 2.05) is 0 Å². The zero-order valence-electron chi connectivity index (χ0n) is 12.4. The molecule has 1 unspecified atom stereocenters. The lowest BCUT2D eigenvalue weighted by Crippen LogP contribution is -2.09. The third-order valence-electron chi connectivity index (χ3n) is 3.74. The van der Waals surface area contributed by atoms with E-state index in [9.17, 15) is 4.79 Å². The summed E-state index contributed by atoms with van der Waals surface area (Å²) in [6.45, 7) is 6.45. The number of aryl methyl sites for hydroxylation is 1. The Morgan fingerprint density at radius 2 is 2.15 bits per heavy atom. The lowest BCUT2D eigenvalue weighted by atomic mass is 10.1. The molecule has 1 heterocycles. The monoisotopic (exact) mass is 274 g/mol. The molecule has 1 atom stereocenters. The molecule has 2 aromatic rings. The maximum absolute atomic E-state index is 11.1. The van der Waals surface area contributed by atoms with Crippen molar-refractivity contribution < 1.29 is 9.90 Å².